The molecule has 0 aliphatic heterocycles. The zero-order valence-corrected chi connectivity index (χ0v) is 13.9. The standard InChI is InChI=1S/C22H17N3/c1-16-24-21(18-6-3-2-4-7-18)14-22(25-16)19-11-9-17(10-12-19)20-8-5-13-23-15-20/h2-15H,1H3. The monoisotopic (exact) mass is 323 g/mol. The Bertz CT molecular complexity index is 979. The van der Waals surface area contributed by atoms with Crippen LogP contribution in [0.5, 0.6) is 0 Å². The first-order chi connectivity index (χ1) is 12.3. The zero-order chi connectivity index (χ0) is 17.1. The van der Waals surface area contributed by atoms with Crippen LogP contribution < -0.4 is 0 Å². The summed E-state index contributed by atoms with van der Waals surface area (Å²) in [6.45, 7) is 1.93. The average Bonchev–Trinajstić information content (AvgIpc) is 2.69. The SMILES string of the molecule is Cc1nc(-c2ccccc2)cc(-c2ccc(-c3cccnc3)cc2)n1. The molecule has 0 atom stereocenters. The highest BCUT2D eigenvalue weighted by Crippen LogP contribution is 2.26. The molecule has 0 amide bonds. The number of hydrogen-bond donors (Lipinski definition) is 0. The number of nitrogens with zero attached hydrogens (tertiary/aromatic N) is 3. The van der Waals surface area contributed by atoms with Crippen molar-refractivity contribution in [3.05, 3.63) is 91.0 Å². The van der Waals surface area contributed by atoms with Crippen molar-refractivity contribution in [2.24, 2.45) is 0 Å². The van der Waals surface area contributed by atoms with Gasteiger partial charge in [-0.15, -0.1) is 0 Å². The van der Waals surface area contributed by atoms with Gasteiger partial charge in [-0.05, 0) is 30.2 Å². The lowest BCUT2D eigenvalue weighted by atomic mass is 10.0. The smallest absolute Gasteiger partial charge is 0.126 e. The van der Waals surface area contributed by atoms with Gasteiger partial charge >= 0.3 is 0 Å². The lowest BCUT2D eigenvalue weighted by molar-refractivity contribution is 1.06. The van der Waals surface area contributed by atoms with Crippen molar-refractivity contribution in [1.82, 2.24) is 15.0 Å². The van der Waals surface area contributed by atoms with Gasteiger partial charge in [0.05, 0.1) is 11.4 Å². The summed E-state index contributed by atoms with van der Waals surface area (Å²) >= 11 is 0. The van der Waals surface area contributed by atoms with Crippen molar-refractivity contribution < 1.29 is 0 Å². The molecule has 4 aromatic rings. The third-order valence-corrected chi connectivity index (χ3v) is 4.08. The van der Waals surface area contributed by atoms with E-state index in [2.05, 4.69) is 57.4 Å². The fraction of sp³-hybridized carbons (Fsp3) is 0.0455. The molecule has 2 heterocycles. The van der Waals surface area contributed by atoms with E-state index in [1.54, 1.807) is 6.20 Å². The highest BCUT2D eigenvalue weighted by molar-refractivity contribution is 5.71. The van der Waals surface area contributed by atoms with E-state index in [0.717, 1.165) is 39.5 Å². The fourth-order valence-corrected chi connectivity index (χ4v) is 2.84. The largest absolute Gasteiger partial charge is 0.264 e. The second-order valence-corrected chi connectivity index (χ2v) is 5.87. The summed E-state index contributed by atoms with van der Waals surface area (Å²) in [5.74, 6) is 0.771. The molecule has 0 bridgehead atoms. The lowest BCUT2D eigenvalue weighted by Crippen LogP contribution is -1.94. The maximum absolute atomic E-state index is 4.61. The van der Waals surface area contributed by atoms with Gasteiger partial charge < -0.3 is 0 Å². The van der Waals surface area contributed by atoms with Gasteiger partial charge in [-0.1, -0.05) is 60.7 Å². The molecule has 0 fully saturated rings. The van der Waals surface area contributed by atoms with Crippen molar-refractivity contribution in [2.45, 2.75) is 6.92 Å². The van der Waals surface area contributed by atoms with Crippen molar-refractivity contribution >= 4 is 0 Å². The van der Waals surface area contributed by atoms with Gasteiger partial charge in [-0.3, -0.25) is 4.98 Å². The van der Waals surface area contributed by atoms with Crippen LogP contribution in [0.4, 0.5) is 0 Å². The summed E-state index contributed by atoms with van der Waals surface area (Å²) < 4.78 is 0. The molecule has 2 aromatic carbocycles. The summed E-state index contributed by atoms with van der Waals surface area (Å²) in [5.41, 5.74) is 6.31. The molecule has 3 heteroatoms. The Morgan fingerprint density at radius 2 is 1.20 bits per heavy atom. The second kappa shape index (κ2) is 6.65. The Balaban J connectivity index is 1.71. The topological polar surface area (TPSA) is 38.7 Å². The molecule has 0 saturated heterocycles. The van der Waals surface area contributed by atoms with Crippen LogP contribution in [-0.2, 0) is 0 Å². The molecule has 0 unspecified atom stereocenters. The Kier molecular flexibility index (Phi) is 4.05. The van der Waals surface area contributed by atoms with Crippen LogP contribution in [0.25, 0.3) is 33.6 Å². The van der Waals surface area contributed by atoms with E-state index in [0.29, 0.717) is 0 Å². The Labute approximate surface area is 147 Å². The maximum Gasteiger partial charge on any atom is 0.126 e. The van der Waals surface area contributed by atoms with E-state index in [-0.39, 0.29) is 0 Å². The Hall–Kier alpha value is -3.33. The number of aromatic nitrogens is 3. The van der Waals surface area contributed by atoms with Crippen LogP contribution in [0.2, 0.25) is 0 Å². The van der Waals surface area contributed by atoms with Gasteiger partial charge in [0.25, 0.3) is 0 Å². The van der Waals surface area contributed by atoms with Crippen LogP contribution >= 0.6 is 0 Å². The average molecular weight is 323 g/mol. The molecule has 0 aliphatic carbocycles. The first-order valence-corrected chi connectivity index (χ1v) is 8.21. The molecule has 3 nitrogen and oxygen atoms in total. The van der Waals surface area contributed by atoms with Crippen LogP contribution in [0.1, 0.15) is 5.82 Å². The summed E-state index contributed by atoms with van der Waals surface area (Å²) in [4.78, 5) is 13.4. The van der Waals surface area contributed by atoms with Crippen molar-refractivity contribution in [2.75, 3.05) is 0 Å². The molecule has 0 radical (unpaired) electrons. The predicted octanol–water partition coefficient (Wildman–Crippen LogP) is 5.18. The fourth-order valence-electron chi connectivity index (χ4n) is 2.84. The molecule has 25 heavy (non-hydrogen) atoms. The van der Waals surface area contributed by atoms with Crippen LogP contribution in [0.3, 0.4) is 0 Å². The lowest BCUT2D eigenvalue weighted by Gasteiger charge is -2.08. The van der Waals surface area contributed by atoms with E-state index in [1.165, 1.54) is 0 Å². The normalized spacial score (nSPS) is 10.6. The number of pyridine rings is 1. The molecular weight excluding hydrogens is 306 g/mol. The van der Waals surface area contributed by atoms with E-state index in [4.69, 9.17) is 0 Å². The van der Waals surface area contributed by atoms with E-state index >= 15 is 0 Å². The molecule has 4 rings (SSSR count). The number of benzene rings is 2. The summed E-state index contributed by atoms with van der Waals surface area (Å²) in [6, 6.07) is 24.6. The number of aryl methyl sites for hydroxylation is 1. The van der Waals surface area contributed by atoms with Gasteiger partial charge in [0.1, 0.15) is 5.82 Å². The number of hydrogen-bond acceptors (Lipinski definition) is 3. The molecule has 0 saturated carbocycles. The van der Waals surface area contributed by atoms with Gasteiger partial charge in [-0.2, -0.15) is 0 Å². The molecule has 0 aliphatic rings. The van der Waals surface area contributed by atoms with Crippen molar-refractivity contribution in [3.8, 4) is 33.6 Å². The number of rotatable bonds is 3. The molecule has 120 valence electrons. The minimum Gasteiger partial charge on any atom is -0.264 e. The molecule has 0 N–H and O–H groups in total. The summed E-state index contributed by atoms with van der Waals surface area (Å²) in [7, 11) is 0. The second-order valence-electron chi connectivity index (χ2n) is 5.87. The molecular formula is C22H17N3. The van der Waals surface area contributed by atoms with Crippen LogP contribution in [0.15, 0.2) is 85.2 Å². The van der Waals surface area contributed by atoms with E-state index in [1.807, 2.05) is 43.5 Å². The zero-order valence-electron chi connectivity index (χ0n) is 13.9. The first kappa shape index (κ1) is 15.2. The minimum atomic E-state index is 0.771. The van der Waals surface area contributed by atoms with Gasteiger partial charge in [0, 0.05) is 23.5 Å². The van der Waals surface area contributed by atoms with Crippen LogP contribution in [0, 0.1) is 6.92 Å². The minimum absolute atomic E-state index is 0.771. The summed E-state index contributed by atoms with van der Waals surface area (Å²) in [5, 5.41) is 0. The Morgan fingerprint density at radius 3 is 1.84 bits per heavy atom. The predicted molar refractivity (Wildman–Crippen MR) is 101 cm³/mol. The Morgan fingerprint density at radius 1 is 0.600 bits per heavy atom. The van der Waals surface area contributed by atoms with Gasteiger partial charge in [0.2, 0.25) is 0 Å². The highest BCUT2D eigenvalue weighted by atomic mass is 14.9. The highest BCUT2D eigenvalue weighted by Gasteiger charge is 2.07. The van der Waals surface area contributed by atoms with E-state index in [9.17, 15) is 0 Å². The van der Waals surface area contributed by atoms with Crippen LogP contribution in [-0.4, -0.2) is 15.0 Å². The quantitative estimate of drug-likeness (QED) is 0.521. The van der Waals surface area contributed by atoms with Crippen molar-refractivity contribution in [1.29, 1.82) is 0 Å². The first-order valence-electron chi connectivity index (χ1n) is 8.21. The third-order valence-electron chi connectivity index (χ3n) is 4.08. The van der Waals surface area contributed by atoms with Gasteiger partial charge in [0.15, 0.2) is 0 Å². The maximum atomic E-state index is 4.61. The molecule has 2 aromatic heterocycles. The van der Waals surface area contributed by atoms with Crippen molar-refractivity contribution in [3.63, 3.8) is 0 Å². The van der Waals surface area contributed by atoms with E-state index < -0.39 is 0 Å². The molecule has 0 spiro atoms. The van der Waals surface area contributed by atoms with Gasteiger partial charge in [-0.25, -0.2) is 9.97 Å². The summed E-state index contributed by atoms with van der Waals surface area (Å²) in [6.07, 6.45) is 3.66. The third kappa shape index (κ3) is 3.31.